The molecule has 6 nitrogen and oxygen atoms in total. The lowest BCUT2D eigenvalue weighted by Gasteiger charge is -2.20. The van der Waals surface area contributed by atoms with Gasteiger partial charge in [0.15, 0.2) is 11.5 Å². The maximum atomic E-state index is 12.8. The van der Waals surface area contributed by atoms with Crippen LogP contribution in [0.25, 0.3) is 6.08 Å². The Hall–Kier alpha value is -2.38. The summed E-state index contributed by atoms with van der Waals surface area (Å²) < 4.78 is 16.3. The standard InChI is InChI=1S/C22H24ClNO5/c1-27-11-9-24(10-12-28-2)14-18-19(25)8-7-17-21(26)20(29-22(17)18)13-15-3-5-16(23)6-4-15/h3-8,13,25H,9-12,14H2,1-2H3/p+1/b20-13+. The number of phenols is 1. The number of ketones is 1. The van der Waals surface area contributed by atoms with E-state index in [1.54, 1.807) is 44.6 Å². The van der Waals surface area contributed by atoms with Crippen molar-refractivity contribution in [3.63, 3.8) is 0 Å². The molecule has 3 rings (SSSR count). The minimum atomic E-state index is -0.202. The first-order chi connectivity index (χ1) is 14.0. The van der Waals surface area contributed by atoms with E-state index in [0.717, 1.165) is 23.6 Å². The van der Waals surface area contributed by atoms with Crippen LogP contribution >= 0.6 is 11.6 Å². The predicted molar refractivity (Wildman–Crippen MR) is 111 cm³/mol. The summed E-state index contributed by atoms with van der Waals surface area (Å²) >= 11 is 5.92. The molecule has 0 amide bonds. The van der Waals surface area contributed by atoms with Gasteiger partial charge in [0.05, 0.1) is 24.3 Å². The maximum Gasteiger partial charge on any atom is 0.231 e. The van der Waals surface area contributed by atoms with E-state index < -0.39 is 0 Å². The van der Waals surface area contributed by atoms with Crippen molar-refractivity contribution in [3.8, 4) is 11.5 Å². The molecular formula is C22H25ClNO5+. The Kier molecular flexibility index (Phi) is 7.28. The summed E-state index contributed by atoms with van der Waals surface area (Å²) in [6.45, 7) is 3.13. The van der Waals surface area contributed by atoms with Gasteiger partial charge in [0.25, 0.3) is 0 Å². The van der Waals surface area contributed by atoms with Gasteiger partial charge in [-0.3, -0.25) is 4.79 Å². The van der Waals surface area contributed by atoms with E-state index in [9.17, 15) is 9.90 Å². The lowest BCUT2D eigenvalue weighted by molar-refractivity contribution is -0.914. The average Bonchev–Trinajstić information content (AvgIpc) is 3.03. The summed E-state index contributed by atoms with van der Waals surface area (Å²) in [5.74, 6) is 0.551. The first kappa shape index (κ1) is 21.3. The maximum absolute atomic E-state index is 12.8. The number of Topliss-reactive ketones (excluding diaryl/α,β-unsaturated/α-hetero) is 1. The lowest BCUT2D eigenvalue weighted by atomic mass is 10.0. The summed E-state index contributed by atoms with van der Waals surface area (Å²) in [4.78, 5) is 14.0. The number of rotatable bonds is 9. The summed E-state index contributed by atoms with van der Waals surface area (Å²) in [6, 6.07) is 10.3. The van der Waals surface area contributed by atoms with Crippen molar-refractivity contribution in [2.45, 2.75) is 6.54 Å². The molecule has 0 spiro atoms. The molecule has 2 N–H and O–H groups in total. The van der Waals surface area contributed by atoms with Gasteiger partial charge in [0.2, 0.25) is 5.78 Å². The highest BCUT2D eigenvalue weighted by Crippen LogP contribution is 2.39. The van der Waals surface area contributed by atoms with E-state index >= 15 is 0 Å². The van der Waals surface area contributed by atoms with Crippen LogP contribution in [0.3, 0.4) is 0 Å². The molecule has 1 aliphatic heterocycles. The number of benzene rings is 2. The molecule has 0 saturated carbocycles. The van der Waals surface area contributed by atoms with Crippen LogP contribution in [0.5, 0.6) is 11.5 Å². The van der Waals surface area contributed by atoms with Crippen LogP contribution < -0.4 is 9.64 Å². The van der Waals surface area contributed by atoms with Crippen LogP contribution in [0.1, 0.15) is 21.5 Å². The fraction of sp³-hybridized carbons (Fsp3) is 0.318. The minimum Gasteiger partial charge on any atom is -0.507 e. The average molecular weight is 419 g/mol. The quantitative estimate of drug-likeness (QED) is 0.612. The number of hydrogen-bond donors (Lipinski definition) is 2. The minimum absolute atomic E-state index is 0.108. The SMILES string of the molecule is COCC[NH+](CCOC)Cc1c(O)ccc2c1O/C(=C/c1ccc(Cl)cc1)C2=O. The number of methoxy groups -OCH3 is 2. The van der Waals surface area contributed by atoms with Gasteiger partial charge in [-0.1, -0.05) is 23.7 Å². The third kappa shape index (κ3) is 5.16. The van der Waals surface area contributed by atoms with Gasteiger partial charge < -0.3 is 24.2 Å². The smallest absolute Gasteiger partial charge is 0.231 e. The van der Waals surface area contributed by atoms with Crippen molar-refractivity contribution < 1.29 is 29.0 Å². The molecule has 0 unspecified atom stereocenters. The Morgan fingerprint density at radius 3 is 2.34 bits per heavy atom. The molecule has 0 radical (unpaired) electrons. The second-order valence-corrected chi connectivity index (χ2v) is 7.28. The Morgan fingerprint density at radius 2 is 1.72 bits per heavy atom. The summed E-state index contributed by atoms with van der Waals surface area (Å²) in [5, 5.41) is 11.1. The van der Waals surface area contributed by atoms with Crippen LogP contribution in [0, 0.1) is 0 Å². The van der Waals surface area contributed by atoms with E-state index in [2.05, 4.69) is 0 Å². The fourth-order valence-corrected chi connectivity index (χ4v) is 3.35. The molecule has 0 aliphatic carbocycles. The number of carbonyl (C=O) groups excluding carboxylic acids is 1. The van der Waals surface area contributed by atoms with E-state index in [1.807, 2.05) is 12.1 Å². The fourth-order valence-electron chi connectivity index (χ4n) is 3.22. The highest BCUT2D eigenvalue weighted by molar-refractivity contribution is 6.30. The number of carbonyl (C=O) groups is 1. The number of ether oxygens (including phenoxy) is 3. The largest absolute Gasteiger partial charge is 0.507 e. The molecule has 2 aromatic carbocycles. The van der Waals surface area contributed by atoms with Crippen molar-refractivity contribution >= 4 is 23.5 Å². The zero-order chi connectivity index (χ0) is 20.8. The van der Waals surface area contributed by atoms with Gasteiger partial charge in [0.1, 0.15) is 25.4 Å². The van der Waals surface area contributed by atoms with Crippen molar-refractivity contribution in [3.05, 3.63) is 63.9 Å². The normalized spacial score (nSPS) is 14.5. The van der Waals surface area contributed by atoms with Crippen LogP contribution in [0.2, 0.25) is 5.02 Å². The molecule has 1 heterocycles. The third-order valence-electron chi connectivity index (χ3n) is 4.83. The molecule has 0 aromatic heterocycles. The Labute approximate surface area is 175 Å². The number of aromatic hydroxyl groups is 1. The van der Waals surface area contributed by atoms with E-state index in [0.29, 0.717) is 41.7 Å². The number of quaternary nitrogens is 1. The van der Waals surface area contributed by atoms with Gasteiger partial charge in [-0.05, 0) is 35.9 Å². The molecule has 7 heteroatoms. The van der Waals surface area contributed by atoms with Gasteiger partial charge in [-0.2, -0.15) is 0 Å². The highest BCUT2D eigenvalue weighted by atomic mass is 35.5. The molecule has 1 aliphatic rings. The third-order valence-corrected chi connectivity index (χ3v) is 5.08. The van der Waals surface area contributed by atoms with Gasteiger partial charge in [-0.25, -0.2) is 0 Å². The Balaban J connectivity index is 1.88. The van der Waals surface area contributed by atoms with Crippen molar-refractivity contribution in [2.75, 3.05) is 40.5 Å². The zero-order valence-electron chi connectivity index (χ0n) is 16.5. The number of phenolic OH excluding ortho intramolecular Hbond substituents is 1. The molecule has 29 heavy (non-hydrogen) atoms. The molecule has 154 valence electrons. The number of nitrogens with one attached hydrogen (secondary N) is 1. The van der Waals surface area contributed by atoms with Crippen LogP contribution in [0.15, 0.2) is 42.2 Å². The first-order valence-electron chi connectivity index (χ1n) is 9.39. The summed E-state index contributed by atoms with van der Waals surface area (Å²) in [7, 11) is 3.31. The van der Waals surface area contributed by atoms with E-state index in [1.165, 1.54) is 0 Å². The molecule has 0 saturated heterocycles. The topological polar surface area (TPSA) is 69.4 Å². The van der Waals surface area contributed by atoms with Crippen LogP contribution in [0.4, 0.5) is 0 Å². The van der Waals surface area contributed by atoms with Gasteiger partial charge >= 0.3 is 0 Å². The lowest BCUT2D eigenvalue weighted by Crippen LogP contribution is -3.11. The Morgan fingerprint density at radius 1 is 1.07 bits per heavy atom. The Bertz CT molecular complexity index is 887. The molecular weight excluding hydrogens is 394 g/mol. The zero-order valence-corrected chi connectivity index (χ0v) is 17.3. The second kappa shape index (κ2) is 9.89. The number of halogens is 1. The number of fused-ring (bicyclic) bond motifs is 1. The monoisotopic (exact) mass is 418 g/mol. The van der Waals surface area contributed by atoms with E-state index in [-0.39, 0.29) is 17.3 Å². The van der Waals surface area contributed by atoms with Crippen molar-refractivity contribution in [1.29, 1.82) is 0 Å². The van der Waals surface area contributed by atoms with Crippen molar-refractivity contribution in [2.24, 2.45) is 0 Å². The second-order valence-electron chi connectivity index (χ2n) is 6.84. The van der Waals surface area contributed by atoms with Crippen molar-refractivity contribution in [1.82, 2.24) is 0 Å². The van der Waals surface area contributed by atoms with Gasteiger partial charge in [0, 0.05) is 19.2 Å². The number of allylic oxidation sites excluding steroid dienone is 1. The number of hydrogen-bond acceptors (Lipinski definition) is 5. The highest BCUT2D eigenvalue weighted by Gasteiger charge is 2.32. The van der Waals surface area contributed by atoms with E-state index in [4.69, 9.17) is 25.8 Å². The molecule has 2 aromatic rings. The summed E-state index contributed by atoms with van der Waals surface area (Å²) in [6.07, 6.45) is 1.68. The molecule has 0 atom stereocenters. The van der Waals surface area contributed by atoms with Crippen LogP contribution in [-0.4, -0.2) is 51.4 Å². The molecule has 0 fully saturated rings. The first-order valence-corrected chi connectivity index (χ1v) is 9.77. The summed E-state index contributed by atoms with van der Waals surface area (Å²) in [5.41, 5.74) is 1.87. The van der Waals surface area contributed by atoms with Crippen LogP contribution in [-0.2, 0) is 16.0 Å². The molecule has 0 bridgehead atoms. The van der Waals surface area contributed by atoms with Gasteiger partial charge in [-0.15, -0.1) is 0 Å². The predicted octanol–water partition coefficient (Wildman–Crippen LogP) is 2.34.